The van der Waals surface area contributed by atoms with E-state index in [1.807, 2.05) is 18.2 Å². The van der Waals surface area contributed by atoms with Crippen LogP contribution in [0.2, 0.25) is 5.02 Å². The molecule has 0 radical (unpaired) electrons. The number of piperidine rings is 1. The molecular weight excluding hydrogens is 258 g/mol. The lowest BCUT2D eigenvalue weighted by Crippen LogP contribution is -2.36. The minimum atomic E-state index is 0.770. The summed E-state index contributed by atoms with van der Waals surface area (Å²) in [6.07, 6.45) is 2.55. The summed E-state index contributed by atoms with van der Waals surface area (Å²) >= 11 is 6.04. The van der Waals surface area contributed by atoms with Gasteiger partial charge < -0.3 is 10.6 Å². The number of likely N-dealkylation sites (tertiary alicyclic amines) is 1. The smallest absolute Gasteiger partial charge is 0.0410 e. The van der Waals surface area contributed by atoms with Crippen molar-refractivity contribution in [3.05, 3.63) is 28.8 Å². The molecule has 1 aliphatic heterocycles. The second-order valence-electron chi connectivity index (χ2n) is 5.82. The average molecular weight is 282 g/mol. The van der Waals surface area contributed by atoms with E-state index in [1.54, 1.807) is 0 Å². The first-order valence-electron chi connectivity index (χ1n) is 6.95. The van der Waals surface area contributed by atoms with Gasteiger partial charge in [0.25, 0.3) is 0 Å². The molecule has 1 heterocycles. The molecule has 0 aliphatic carbocycles. The molecular formula is C15H24ClN3. The highest BCUT2D eigenvalue weighted by Gasteiger charge is 2.20. The maximum Gasteiger partial charge on any atom is 0.0410 e. The van der Waals surface area contributed by atoms with Crippen molar-refractivity contribution in [2.75, 3.05) is 39.5 Å². The van der Waals surface area contributed by atoms with Gasteiger partial charge in [-0.05, 0) is 69.7 Å². The number of hydrogen-bond donors (Lipinski definition) is 1. The van der Waals surface area contributed by atoms with Crippen molar-refractivity contribution in [2.24, 2.45) is 5.92 Å². The van der Waals surface area contributed by atoms with Gasteiger partial charge in [-0.15, -0.1) is 0 Å². The van der Waals surface area contributed by atoms with Gasteiger partial charge in [-0.25, -0.2) is 0 Å². The first kappa shape index (κ1) is 14.6. The van der Waals surface area contributed by atoms with Gasteiger partial charge in [0, 0.05) is 23.8 Å². The molecule has 0 atom stereocenters. The van der Waals surface area contributed by atoms with E-state index in [0.717, 1.165) is 41.8 Å². The zero-order valence-corrected chi connectivity index (χ0v) is 12.7. The Kier molecular flexibility index (Phi) is 5.08. The molecule has 4 heteroatoms. The van der Waals surface area contributed by atoms with Crippen LogP contribution in [0.25, 0.3) is 0 Å². The third-order valence-electron chi connectivity index (χ3n) is 3.83. The molecule has 0 aromatic heterocycles. The van der Waals surface area contributed by atoms with Crippen LogP contribution >= 0.6 is 11.6 Å². The highest BCUT2D eigenvalue weighted by Crippen LogP contribution is 2.23. The standard InChI is InChI=1S/C15H24ClN3/c1-18(2)10-12-5-7-19(8-6-12)11-13-9-14(16)3-4-15(13)17/h3-4,9,12H,5-8,10-11,17H2,1-2H3. The van der Waals surface area contributed by atoms with Crippen molar-refractivity contribution < 1.29 is 0 Å². The summed E-state index contributed by atoms with van der Waals surface area (Å²) in [5, 5.41) is 0.770. The number of nitrogen functional groups attached to an aromatic ring is 1. The minimum Gasteiger partial charge on any atom is -0.398 e. The lowest BCUT2D eigenvalue weighted by molar-refractivity contribution is 0.157. The summed E-state index contributed by atoms with van der Waals surface area (Å²) in [4.78, 5) is 4.77. The molecule has 19 heavy (non-hydrogen) atoms. The Balaban J connectivity index is 1.87. The molecule has 1 fully saturated rings. The van der Waals surface area contributed by atoms with Crippen LogP contribution in [0.15, 0.2) is 18.2 Å². The monoisotopic (exact) mass is 281 g/mol. The third kappa shape index (κ3) is 4.37. The van der Waals surface area contributed by atoms with Crippen molar-refractivity contribution in [3.63, 3.8) is 0 Å². The van der Waals surface area contributed by atoms with Crippen LogP contribution in [0.3, 0.4) is 0 Å². The van der Waals surface area contributed by atoms with E-state index in [0.29, 0.717) is 0 Å². The molecule has 1 saturated heterocycles. The van der Waals surface area contributed by atoms with Gasteiger partial charge in [-0.2, -0.15) is 0 Å². The Bertz CT molecular complexity index is 412. The minimum absolute atomic E-state index is 0.770. The first-order chi connectivity index (χ1) is 9.04. The van der Waals surface area contributed by atoms with Gasteiger partial charge in [-0.1, -0.05) is 11.6 Å². The van der Waals surface area contributed by atoms with Crippen LogP contribution in [0.1, 0.15) is 18.4 Å². The van der Waals surface area contributed by atoms with Crippen LogP contribution in [0.5, 0.6) is 0 Å². The van der Waals surface area contributed by atoms with E-state index < -0.39 is 0 Å². The lowest BCUT2D eigenvalue weighted by Gasteiger charge is -2.33. The molecule has 1 aliphatic rings. The summed E-state index contributed by atoms with van der Waals surface area (Å²) in [5.41, 5.74) is 8.01. The first-order valence-corrected chi connectivity index (χ1v) is 7.33. The van der Waals surface area contributed by atoms with Gasteiger partial charge in [0.05, 0.1) is 0 Å². The zero-order chi connectivity index (χ0) is 13.8. The van der Waals surface area contributed by atoms with Gasteiger partial charge in [0.2, 0.25) is 0 Å². The fraction of sp³-hybridized carbons (Fsp3) is 0.600. The van der Waals surface area contributed by atoms with Crippen LogP contribution < -0.4 is 5.73 Å². The maximum atomic E-state index is 6.04. The Hall–Kier alpha value is -0.770. The summed E-state index contributed by atoms with van der Waals surface area (Å²) in [6, 6.07) is 5.74. The topological polar surface area (TPSA) is 32.5 Å². The Morgan fingerprint density at radius 3 is 2.63 bits per heavy atom. The highest BCUT2D eigenvalue weighted by atomic mass is 35.5. The highest BCUT2D eigenvalue weighted by molar-refractivity contribution is 6.30. The predicted molar refractivity (Wildman–Crippen MR) is 82.4 cm³/mol. The summed E-state index contributed by atoms with van der Waals surface area (Å²) in [7, 11) is 4.30. The third-order valence-corrected chi connectivity index (χ3v) is 4.06. The molecule has 2 N–H and O–H groups in total. The molecule has 1 aromatic carbocycles. The number of halogens is 1. The zero-order valence-electron chi connectivity index (χ0n) is 11.9. The Morgan fingerprint density at radius 2 is 2.00 bits per heavy atom. The molecule has 1 aromatic rings. The van der Waals surface area contributed by atoms with Crippen LogP contribution in [-0.2, 0) is 6.54 Å². The lowest BCUT2D eigenvalue weighted by atomic mass is 9.96. The molecule has 0 unspecified atom stereocenters. The van der Waals surface area contributed by atoms with E-state index in [4.69, 9.17) is 17.3 Å². The molecule has 0 amide bonds. The molecule has 0 spiro atoms. The maximum absolute atomic E-state index is 6.04. The van der Waals surface area contributed by atoms with Crippen LogP contribution in [0, 0.1) is 5.92 Å². The van der Waals surface area contributed by atoms with Crippen molar-refractivity contribution >= 4 is 17.3 Å². The summed E-state index contributed by atoms with van der Waals surface area (Å²) in [5.74, 6) is 0.836. The van der Waals surface area contributed by atoms with Crippen molar-refractivity contribution in [1.29, 1.82) is 0 Å². The fourth-order valence-electron chi connectivity index (χ4n) is 2.80. The number of hydrogen-bond acceptors (Lipinski definition) is 3. The fourth-order valence-corrected chi connectivity index (χ4v) is 2.99. The number of benzene rings is 1. The van der Waals surface area contributed by atoms with Crippen LogP contribution in [-0.4, -0.2) is 43.5 Å². The molecule has 0 saturated carbocycles. The quantitative estimate of drug-likeness (QED) is 0.862. The summed E-state index contributed by atoms with van der Waals surface area (Å²) in [6.45, 7) is 4.43. The average Bonchev–Trinajstić information content (AvgIpc) is 2.35. The molecule has 2 rings (SSSR count). The number of nitrogens with zero attached hydrogens (tertiary/aromatic N) is 2. The van der Waals surface area contributed by atoms with E-state index in [-0.39, 0.29) is 0 Å². The van der Waals surface area contributed by atoms with Crippen molar-refractivity contribution in [1.82, 2.24) is 9.80 Å². The molecule has 106 valence electrons. The van der Waals surface area contributed by atoms with Gasteiger partial charge in [0.1, 0.15) is 0 Å². The van der Waals surface area contributed by atoms with Gasteiger partial charge >= 0.3 is 0 Å². The Labute approximate surface area is 121 Å². The number of nitrogens with two attached hydrogens (primary N) is 1. The number of anilines is 1. The van der Waals surface area contributed by atoms with Gasteiger partial charge in [0.15, 0.2) is 0 Å². The van der Waals surface area contributed by atoms with Crippen LogP contribution in [0.4, 0.5) is 5.69 Å². The summed E-state index contributed by atoms with van der Waals surface area (Å²) < 4.78 is 0. The Morgan fingerprint density at radius 1 is 1.32 bits per heavy atom. The molecule has 0 bridgehead atoms. The normalized spacial score (nSPS) is 18.1. The second-order valence-corrected chi connectivity index (χ2v) is 6.26. The molecule has 3 nitrogen and oxygen atoms in total. The van der Waals surface area contributed by atoms with Crippen molar-refractivity contribution in [3.8, 4) is 0 Å². The SMILES string of the molecule is CN(C)CC1CCN(Cc2cc(Cl)ccc2N)CC1. The van der Waals surface area contributed by atoms with E-state index in [2.05, 4.69) is 23.9 Å². The van der Waals surface area contributed by atoms with E-state index in [9.17, 15) is 0 Å². The largest absolute Gasteiger partial charge is 0.398 e. The predicted octanol–water partition coefficient (Wildman–Crippen LogP) is 2.70. The van der Waals surface area contributed by atoms with Crippen molar-refractivity contribution in [2.45, 2.75) is 19.4 Å². The van der Waals surface area contributed by atoms with E-state index in [1.165, 1.54) is 19.4 Å². The second kappa shape index (κ2) is 6.60. The van der Waals surface area contributed by atoms with E-state index >= 15 is 0 Å². The van der Waals surface area contributed by atoms with Gasteiger partial charge in [-0.3, -0.25) is 4.90 Å². The number of rotatable bonds is 4.